The number of methoxy groups -OCH3 is 1. The molecule has 0 fully saturated rings. The Labute approximate surface area is 143 Å². The van der Waals surface area contributed by atoms with E-state index in [9.17, 15) is 9.59 Å². The van der Waals surface area contributed by atoms with E-state index in [2.05, 4.69) is 10.3 Å². The summed E-state index contributed by atoms with van der Waals surface area (Å²) in [6.45, 7) is 1.73. The molecule has 24 heavy (non-hydrogen) atoms. The van der Waals surface area contributed by atoms with Crippen LogP contribution in [0.5, 0.6) is 5.75 Å². The number of amides is 1. The van der Waals surface area contributed by atoms with E-state index in [1.165, 1.54) is 11.3 Å². The lowest BCUT2D eigenvalue weighted by Crippen LogP contribution is -2.30. The highest BCUT2D eigenvalue weighted by atomic mass is 32.1. The van der Waals surface area contributed by atoms with Gasteiger partial charge in [0.05, 0.1) is 12.1 Å². The SMILES string of the molecule is COCOc1ccc(-c2nc(CC(=O)NCC(=O)O)cs2)cc1C. The van der Waals surface area contributed by atoms with Gasteiger partial charge in [0.2, 0.25) is 5.91 Å². The maximum absolute atomic E-state index is 11.6. The second kappa shape index (κ2) is 8.42. The highest BCUT2D eigenvalue weighted by molar-refractivity contribution is 7.13. The van der Waals surface area contributed by atoms with Gasteiger partial charge in [-0.3, -0.25) is 9.59 Å². The monoisotopic (exact) mass is 350 g/mol. The smallest absolute Gasteiger partial charge is 0.322 e. The van der Waals surface area contributed by atoms with Crippen molar-refractivity contribution in [2.75, 3.05) is 20.4 Å². The number of thiazole rings is 1. The van der Waals surface area contributed by atoms with E-state index in [0.717, 1.165) is 21.9 Å². The van der Waals surface area contributed by atoms with E-state index < -0.39 is 12.5 Å². The lowest BCUT2D eigenvalue weighted by molar-refractivity contribution is -0.137. The van der Waals surface area contributed by atoms with Crippen LogP contribution in [0.1, 0.15) is 11.3 Å². The number of nitrogens with one attached hydrogen (secondary N) is 1. The number of hydrogen-bond donors (Lipinski definition) is 2. The van der Waals surface area contributed by atoms with Crippen molar-refractivity contribution in [3.63, 3.8) is 0 Å². The van der Waals surface area contributed by atoms with Gasteiger partial charge in [0.15, 0.2) is 6.79 Å². The normalized spacial score (nSPS) is 10.4. The fraction of sp³-hybridized carbons (Fsp3) is 0.312. The number of carboxylic acid groups (broad SMARTS) is 1. The quantitative estimate of drug-likeness (QED) is 0.705. The lowest BCUT2D eigenvalue weighted by atomic mass is 10.1. The molecule has 128 valence electrons. The summed E-state index contributed by atoms with van der Waals surface area (Å²) in [5, 5.41) is 13.4. The predicted molar refractivity (Wildman–Crippen MR) is 89.1 cm³/mol. The molecule has 0 aliphatic heterocycles. The third-order valence-electron chi connectivity index (χ3n) is 3.08. The minimum atomic E-state index is -1.08. The number of aryl methyl sites for hydroxylation is 1. The van der Waals surface area contributed by atoms with Crippen LogP contribution in [-0.4, -0.2) is 42.4 Å². The Morgan fingerprint density at radius 3 is 2.83 bits per heavy atom. The van der Waals surface area contributed by atoms with Crippen molar-refractivity contribution in [3.05, 3.63) is 34.8 Å². The maximum Gasteiger partial charge on any atom is 0.322 e. The van der Waals surface area contributed by atoms with Gasteiger partial charge in [-0.2, -0.15) is 0 Å². The van der Waals surface area contributed by atoms with Gasteiger partial charge in [-0.1, -0.05) is 0 Å². The summed E-state index contributed by atoms with van der Waals surface area (Å²) in [6.07, 6.45) is 0.0534. The average molecular weight is 350 g/mol. The zero-order chi connectivity index (χ0) is 17.5. The first kappa shape index (κ1) is 17.9. The Morgan fingerprint density at radius 1 is 1.38 bits per heavy atom. The van der Waals surface area contributed by atoms with Gasteiger partial charge in [0.25, 0.3) is 0 Å². The number of carbonyl (C=O) groups excluding carboxylic acids is 1. The van der Waals surface area contributed by atoms with Gasteiger partial charge in [0.1, 0.15) is 17.3 Å². The standard InChI is InChI=1S/C16H18N2O5S/c1-10-5-11(3-4-13(10)23-9-22-2)16-18-12(8-24-16)6-14(19)17-7-15(20)21/h3-5,8H,6-7,9H2,1-2H3,(H,17,19)(H,20,21). The summed E-state index contributed by atoms with van der Waals surface area (Å²) in [6, 6.07) is 5.70. The Kier molecular flexibility index (Phi) is 6.28. The molecule has 1 aromatic heterocycles. The summed E-state index contributed by atoms with van der Waals surface area (Å²) < 4.78 is 10.3. The Morgan fingerprint density at radius 2 is 2.17 bits per heavy atom. The first-order valence-electron chi connectivity index (χ1n) is 7.15. The maximum atomic E-state index is 11.6. The number of rotatable bonds is 8. The molecule has 0 aliphatic rings. The van der Waals surface area contributed by atoms with E-state index in [1.54, 1.807) is 12.5 Å². The molecular weight excluding hydrogens is 332 g/mol. The van der Waals surface area contributed by atoms with E-state index in [0.29, 0.717) is 5.69 Å². The van der Waals surface area contributed by atoms with Crippen LogP contribution in [0.15, 0.2) is 23.6 Å². The number of aromatic nitrogens is 1. The highest BCUT2D eigenvalue weighted by Crippen LogP contribution is 2.28. The number of benzene rings is 1. The summed E-state index contributed by atoms with van der Waals surface area (Å²) in [5.41, 5.74) is 2.50. The molecule has 0 aliphatic carbocycles. The molecular formula is C16H18N2O5S. The molecule has 2 rings (SSSR count). The number of hydrogen-bond acceptors (Lipinski definition) is 6. The first-order valence-corrected chi connectivity index (χ1v) is 8.03. The molecule has 7 nitrogen and oxygen atoms in total. The zero-order valence-electron chi connectivity index (χ0n) is 13.4. The number of carboxylic acids is 1. The van der Waals surface area contributed by atoms with Gasteiger partial charge < -0.3 is 19.9 Å². The fourth-order valence-corrected chi connectivity index (χ4v) is 2.81. The second-order valence-corrected chi connectivity index (χ2v) is 5.88. The molecule has 1 amide bonds. The fourth-order valence-electron chi connectivity index (χ4n) is 1.99. The first-order chi connectivity index (χ1) is 11.5. The molecule has 2 aromatic rings. The minimum Gasteiger partial charge on any atom is -0.480 e. The summed E-state index contributed by atoms with van der Waals surface area (Å²) >= 11 is 1.43. The molecule has 0 radical (unpaired) electrons. The van der Waals surface area contributed by atoms with Crippen LogP contribution in [0.3, 0.4) is 0 Å². The Hall–Kier alpha value is -2.45. The van der Waals surface area contributed by atoms with Crippen molar-refractivity contribution in [2.45, 2.75) is 13.3 Å². The summed E-state index contributed by atoms with van der Waals surface area (Å²) in [4.78, 5) is 26.5. The van der Waals surface area contributed by atoms with Gasteiger partial charge >= 0.3 is 5.97 Å². The highest BCUT2D eigenvalue weighted by Gasteiger charge is 2.11. The molecule has 0 unspecified atom stereocenters. The molecule has 2 N–H and O–H groups in total. The van der Waals surface area contributed by atoms with Crippen LogP contribution in [0.2, 0.25) is 0 Å². The van der Waals surface area contributed by atoms with Gasteiger partial charge in [-0.15, -0.1) is 11.3 Å². The van der Waals surface area contributed by atoms with Crippen molar-refractivity contribution >= 4 is 23.2 Å². The molecule has 0 spiro atoms. The van der Waals surface area contributed by atoms with Crippen LogP contribution in [0, 0.1) is 6.92 Å². The molecule has 0 saturated heterocycles. The molecule has 0 saturated carbocycles. The van der Waals surface area contributed by atoms with E-state index in [-0.39, 0.29) is 19.1 Å². The minimum absolute atomic E-state index is 0.0534. The van der Waals surface area contributed by atoms with Crippen LogP contribution < -0.4 is 10.1 Å². The third-order valence-corrected chi connectivity index (χ3v) is 4.02. The van der Waals surface area contributed by atoms with Gasteiger partial charge in [-0.05, 0) is 30.7 Å². The number of ether oxygens (including phenoxy) is 2. The van der Waals surface area contributed by atoms with Crippen LogP contribution >= 0.6 is 11.3 Å². The van der Waals surface area contributed by atoms with E-state index in [4.69, 9.17) is 14.6 Å². The van der Waals surface area contributed by atoms with Crippen molar-refractivity contribution in [3.8, 4) is 16.3 Å². The van der Waals surface area contributed by atoms with Gasteiger partial charge in [-0.25, -0.2) is 4.98 Å². The lowest BCUT2D eigenvalue weighted by Gasteiger charge is -2.08. The Balaban J connectivity index is 2.03. The largest absolute Gasteiger partial charge is 0.480 e. The van der Waals surface area contributed by atoms with Crippen molar-refractivity contribution in [1.29, 1.82) is 0 Å². The van der Waals surface area contributed by atoms with Crippen molar-refractivity contribution < 1.29 is 24.2 Å². The molecule has 0 bridgehead atoms. The van der Waals surface area contributed by atoms with Crippen LogP contribution in [0.25, 0.3) is 10.6 Å². The zero-order valence-corrected chi connectivity index (χ0v) is 14.2. The average Bonchev–Trinajstić information content (AvgIpc) is 3.00. The molecule has 1 aromatic carbocycles. The van der Waals surface area contributed by atoms with Crippen molar-refractivity contribution in [2.24, 2.45) is 0 Å². The summed E-state index contributed by atoms with van der Waals surface area (Å²) in [7, 11) is 1.56. The number of aliphatic carboxylic acids is 1. The van der Waals surface area contributed by atoms with E-state index in [1.807, 2.05) is 25.1 Å². The third kappa shape index (κ3) is 5.04. The number of nitrogens with zero attached hydrogens (tertiary/aromatic N) is 1. The Bertz CT molecular complexity index is 729. The predicted octanol–water partition coefficient (Wildman–Crippen LogP) is 1.84. The number of carbonyl (C=O) groups is 2. The topological polar surface area (TPSA) is 97.8 Å². The molecule has 8 heteroatoms. The van der Waals surface area contributed by atoms with Crippen molar-refractivity contribution in [1.82, 2.24) is 10.3 Å². The second-order valence-electron chi connectivity index (χ2n) is 5.02. The van der Waals surface area contributed by atoms with Crippen LogP contribution in [0.4, 0.5) is 0 Å². The molecule has 0 atom stereocenters. The summed E-state index contributed by atoms with van der Waals surface area (Å²) in [5.74, 6) is -0.701. The van der Waals surface area contributed by atoms with Gasteiger partial charge in [0, 0.05) is 18.1 Å². The molecule has 1 heterocycles. The van der Waals surface area contributed by atoms with Crippen LogP contribution in [-0.2, 0) is 20.7 Å². The van der Waals surface area contributed by atoms with E-state index >= 15 is 0 Å².